The van der Waals surface area contributed by atoms with Crippen molar-refractivity contribution in [2.75, 3.05) is 47.5 Å². The fraction of sp³-hybridized carbons (Fsp3) is 0.444. The molecular weight excluding hydrogens is 478 g/mol. The maximum Gasteiger partial charge on any atom is 0.354 e. The molecule has 2 aromatic rings. The normalized spacial score (nSPS) is 17.0. The van der Waals surface area contributed by atoms with Crippen LogP contribution in [0.15, 0.2) is 23.8 Å². The van der Waals surface area contributed by atoms with Gasteiger partial charge >= 0.3 is 5.97 Å². The number of ether oxygens (including phenoxy) is 3. The first kappa shape index (κ1) is 27.8. The average Bonchev–Trinajstić information content (AvgIpc) is 3.34. The summed E-state index contributed by atoms with van der Waals surface area (Å²) in [6.07, 6.45) is 0. The highest BCUT2D eigenvalue weighted by Crippen LogP contribution is 2.46. The number of rotatable bonds is 10. The second kappa shape index (κ2) is 11.5. The second-order valence-corrected chi connectivity index (χ2v) is 8.72. The molecule has 1 aromatic carbocycles. The van der Waals surface area contributed by atoms with Crippen LogP contribution in [0.4, 0.5) is 0 Å². The Balaban J connectivity index is 2.28. The molecule has 200 valence electrons. The van der Waals surface area contributed by atoms with E-state index in [0.717, 1.165) is 13.1 Å². The number of likely N-dealkylation sites (N-methyl/N-ethyl adjacent to an activating group) is 1. The Kier molecular flexibility index (Phi) is 8.65. The molecule has 10 heteroatoms. The highest BCUT2D eigenvalue weighted by molar-refractivity contribution is 6.46. The molecule has 1 fully saturated rings. The Morgan fingerprint density at radius 1 is 1.11 bits per heavy atom. The van der Waals surface area contributed by atoms with Gasteiger partial charge in [0.2, 0.25) is 0 Å². The van der Waals surface area contributed by atoms with Gasteiger partial charge in [0.15, 0.2) is 11.5 Å². The van der Waals surface area contributed by atoms with Crippen molar-refractivity contribution >= 4 is 23.4 Å². The van der Waals surface area contributed by atoms with Gasteiger partial charge in [0.05, 0.1) is 32.9 Å². The van der Waals surface area contributed by atoms with Gasteiger partial charge < -0.3 is 34.1 Å². The van der Waals surface area contributed by atoms with E-state index in [1.807, 2.05) is 13.8 Å². The molecule has 1 atom stereocenters. The summed E-state index contributed by atoms with van der Waals surface area (Å²) < 4.78 is 15.9. The summed E-state index contributed by atoms with van der Waals surface area (Å²) >= 11 is 0. The monoisotopic (exact) mass is 513 g/mol. The molecule has 1 unspecified atom stereocenters. The predicted octanol–water partition coefficient (Wildman–Crippen LogP) is 3.20. The molecule has 2 N–H and O–H groups in total. The van der Waals surface area contributed by atoms with E-state index in [0.29, 0.717) is 34.9 Å². The van der Waals surface area contributed by atoms with Crippen LogP contribution >= 0.6 is 0 Å². The first-order valence-electron chi connectivity index (χ1n) is 12.2. The highest BCUT2D eigenvalue weighted by Gasteiger charge is 2.47. The lowest BCUT2D eigenvalue weighted by atomic mass is 9.93. The number of hydrogen-bond donors (Lipinski definition) is 2. The van der Waals surface area contributed by atoms with Crippen molar-refractivity contribution in [3.63, 3.8) is 0 Å². The van der Waals surface area contributed by atoms with Gasteiger partial charge in [-0.05, 0) is 38.6 Å². The van der Waals surface area contributed by atoms with E-state index in [-0.39, 0.29) is 29.1 Å². The van der Waals surface area contributed by atoms with Crippen LogP contribution in [0.25, 0.3) is 5.76 Å². The van der Waals surface area contributed by atoms with Crippen LogP contribution in [0.1, 0.15) is 52.8 Å². The van der Waals surface area contributed by atoms with Crippen molar-refractivity contribution in [1.82, 2.24) is 14.8 Å². The molecule has 0 radical (unpaired) electrons. The Labute approximate surface area is 216 Å². The SMILES string of the molecule is CCN(CC)CCN1C(=O)C(=O)C(=C(O)c2c(C)[nH]c(C(=O)OC)c2C)C1c1cccc(OC)c1OC. The summed E-state index contributed by atoms with van der Waals surface area (Å²) in [5.74, 6) is -1.73. The van der Waals surface area contributed by atoms with Crippen LogP contribution in [-0.2, 0) is 14.3 Å². The molecular formula is C27H35N3O7. The lowest BCUT2D eigenvalue weighted by Gasteiger charge is -2.29. The standard InChI is InChI=1S/C27H35N3O7/c1-8-29(9-2)13-14-30-22(17-11-10-12-18(35-5)25(17)36-6)20(24(32)26(30)33)23(31)19-15(3)21(27(34)37-7)28-16(19)4/h10-12,22,28,31H,8-9,13-14H2,1-7H3. The number of ketones is 1. The molecule has 0 bridgehead atoms. The van der Waals surface area contributed by atoms with Gasteiger partial charge in [0.1, 0.15) is 11.5 Å². The number of Topliss-reactive ketones (excluding diaryl/α,β-unsaturated/α-hetero) is 1. The molecule has 0 spiro atoms. The number of aryl methyl sites for hydroxylation is 1. The zero-order valence-electron chi connectivity index (χ0n) is 22.4. The summed E-state index contributed by atoms with van der Waals surface area (Å²) in [5, 5.41) is 11.6. The summed E-state index contributed by atoms with van der Waals surface area (Å²) in [5.41, 5.74) is 1.72. The van der Waals surface area contributed by atoms with Crippen molar-refractivity contribution < 1.29 is 33.7 Å². The number of benzene rings is 1. The maximum absolute atomic E-state index is 13.5. The smallest absolute Gasteiger partial charge is 0.354 e. The number of carbonyl (C=O) groups is 3. The van der Waals surface area contributed by atoms with Crippen LogP contribution in [-0.4, -0.2) is 85.1 Å². The first-order valence-corrected chi connectivity index (χ1v) is 12.2. The molecule has 1 aliphatic heterocycles. The zero-order valence-corrected chi connectivity index (χ0v) is 22.4. The van der Waals surface area contributed by atoms with E-state index in [4.69, 9.17) is 14.2 Å². The van der Waals surface area contributed by atoms with Gasteiger partial charge in [0.25, 0.3) is 11.7 Å². The van der Waals surface area contributed by atoms with Crippen molar-refractivity contribution in [3.8, 4) is 11.5 Å². The van der Waals surface area contributed by atoms with Gasteiger partial charge in [-0.1, -0.05) is 26.0 Å². The van der Waals surface area contributed by atoms with Crippen molar-refractivity contribution in [1.29, 1.82) is 0 Å². The third-order valence-electron chi connectivity index (χ3n) is 6.88. The van der Waals surface area contributed by atoms with E-state index < -0.39 is 23.7 Å². The minimum Gasteiger partial charge on any atom is -0.507 e. The second-order valence-electron chi connectivity index (χ2n) is 8.72. The molecule has 37 heavy (non-hydrogen) atoms. The Hall–Kier alpha value is -3.79. The third-order valence-corrected chi connectivity index (χ3v) is 6.88. The minimum absolute atomic E-state index is 0.0854. The first-order chi connectivity index (χ1) is 17.7. The summed E-state index contributed by atoms with van der Waals surface area (Å²) in [6, 6.07) is 4.26. The molecule has 1 amide bonds. The van der Waals surface area contributed by atoms with Crippen LogP contribution < -0.4 is 9.47 Å². The van der Waals surface area contributed by atoms with Gasteiger partial charge in [-0.25, -0.2) is 4.79 Å². The van der Waals surface area contributed by atoms with E-state index in [1.165, 1.54) is 26.2 Å². The topological polar surface area (TPSA) is 121 Å². The van der Waals surface area contributed by atoms with E-state index in [1.54, 1.807) is 32.0 Å². The number of esters is 1. The maximum atomic E-state index is 13.5. The number of amides is 1. The summed E-state index contributed by atoms with van der Waals surface area (Å²) in [7, 11) is 4.24. The number of hydrogen-bond acceptors (Lipinski definition) is 8. The van der Waals surface area contributed by atoms with Crippen LogP contribution in [0.2, 0.25) is 0 Å². The number of nitrogens with zero attached hydrogens (tertiary/aromatic N) is 2. The number of aliphatic hydroxyl groups is 1. The number of aromatic nitrogens is 1. The zero-order chi connectivity index (χ0) is 27.4. The molecule has 3 rings (SSSR count). The molecule has 0 aliphatic carbocycles. The molecule has 1 aliphatic rings. The number of carbonyl (C=O) groups excluding carboxylic acids is 3. The Morgan fingerprint density at radius 3 is 2.35 bits per heavy atom. The fourth-order valence-electron chi connectivity index (χ4n) is 4.90. The predicted molar refractivity (Wildman–Crippen MR) is 138 cm³/mol. The lowest BCUT2D eigenvalue weighted by Crippen LogP contribution is -2.38. The number of para-hydroxylation sites is 1. The van der Waals surface area contributed by atoms with Gasteiger partial charge in [-0.2, -0.15) is 0 Å². The Morgan fingerprint density at radius 2 is 1.78 bits per heavy atom. The van der Waals surface area contributed by atoms with Gasteiger partial charge in [-0.3, -0.25) is 9.59 Å². The largest absolute Gasteiger partial charge is 0.507 e. The lowest BCUT2D eigenvalue weighted by molar-refractivity contribution is -0.140. The molecule has 1 aromatic heterocycles. The molecule has 0 saturated carbocycles. The van der Waals surface area contributed by atoms with Gasteiger partial charge in [0, 0.05) is 29.9 Å². The van der Waals surface area contributed by atoms with Crippen molar-refractivity contribution in [3.05, 3.63) is 51.9 Å². The van der Waals surface area contributed by atoms with E-state index in [2.05, 4.69) is 9.88 Å². The van der Waals surface area contributed by atoms with Crippen molar-refractivity contribution in [2.45, 2.75) is 33.7 Å². The number of aliphatic hydroxyl groups excluding tert-OH is 1. The van der Waals surface area contributed by atoms with E-state index >= 15 is 0 Å². The fourth-order valence-corrected chi connectivity index (χ4v) is 4.90. The Bertz CT molecular complexity index is 1230. The van der Waals surface area contributed by atoms with E-state index in [9.17, 15) is 19.5 Å². The van der Waals surface area contributed by atoms with Crippen LogP contribution in [0.5, 0.6) is 11.5 Å². The number of aromatic amines is 1. The number of likely N-dealkylation sites (tertiary alicyclic amines) is 1. The molecule has 2 heterocycles. The van der Waals surface area contributed by atoms with Crippen LogP contribution in [0, 0.1) is 13.8 Å². The van der Waals surface area contributed by atoms with Gasteiger partial charge in [-0.15, -0.1) is 0 Å². The highest BCUT2D eigenvalue weighted by atomic mass is 16.5. The quantitative estimate of drug-likeness (QED) is 0.215. The molecule has 10 nitrogen and oxygen atoms in total. The number of H-pyrrole nitrogens is 1. The summed E-state index contributed by atoms with van der Waals surface area (Å²) in [4.78, 5) is 45.6. The van der Waals surface area contributed by atoms with Crippen LogP contribution in [0.3, 0.4) is 0 Å². The average molecular weight is 514 g/mol. The summed E-state index contributed by atoms with van der Waals surface area (Å²) in [6.45, 7) is 9.73. The van der Waals surface area contributed by atoms with Crippen molar-refractivity contribution in [2.24, 2.45) is 0 Å². The number of methoxy groups -OCH3 is 3. The third kappa shape index (κ3) is 4.93. The minimum atomic E-state index is -0.934. The molecule has 1 saturated heterocycles. The number of nitrogens with one attached hydrogen (secondary N) is 1.